The van der Waals surface area contributed by atoms with E-state index in [1.807, 2.05) is 11.4 Å². The zero-order valence-corrected chi connectivity index (χ0v) is 9.81. The average Bonchev–Trinajstić information content (AvgIpc) is 2.77. The van der Waals surface area contributed by atoms with Gasteiger partial charge in [0.15, 0.2) is 5.78 Å². The fourth-order valence-electron chi connectivity index (χ4n) is 2.19. The maximum Gasteiger partial charge on any atom is 0.179 e. The predicted octanol–water partition coefficient (Wildman–Crippen LogP) is 3.52. The molecule has 1 heterocycles. The Labute approximate surface area is 94.3 Å². The summed E-state index contributed by atoms with van der Waals surface area (Å²) < 4.78 is 5.19. The Kier molecular flexibility index (Phi) is 3.41. The van der Waals surface area contributed by atoms with Crippen LogP contribution >= 0.6 is 11.3 Å². The molecule has 1 aromatic heterocycles. The SMILES string of the molecule is COc1ccsc1C(=O)C1CCCCC1. The van der Waals surface area contributed by atoms with Crippen LogP contribution in [0.4, 0.5) is 0 Å². The number of carbonyl (C=O) groups excluding carboxylic acids is 1. The van der Waals surface area contributed by atoms with Crippen LogP contribution in [-0.2, 0) is 0 Å². The van der Waals surface area contributed by atoms with E-state index in [1.165, 1.54) is 30.6 Å². The first kappa shape index (κ1) is 10.7. The minimum atomic E-state index is 0.242. The van der Waals surface area contributed by atoms with E-state index >= 15 is 0 Å². The van der Waals surface area contributed by atoms with Crippen molar-refractivity contribution in [3.05, 3.63) is 16.3 Å². The highest BCUT2D eigenvalue weighted by molar-refractivity contribution is 7.12. The number of rotatable bonds is 3. The first-order chi connectivity index (χ1) is 7.33. The lowest BCUT2D eigenvalue weighted by atomic mass is 9.86. The van der Waals surface area contributed by atoms with Crippen molar-refractivity contribution >= 4 is 17.1 Å². The van der Waals surface area contributed by atoms with Crippen molar-refractivity contribution in [3.63, 3.8) is 0 Å². The molecule has 2 nitrogen and oxygen atoms in total. The summed E-state index contributed by atoms with van der Waals surface area (Å²) >= 11 is 1.50. The highest BCUT2D eigenvalue weighted by Gasteiger charge is 2.25. The van der Waals surface area contributed by atoms with Crippen LogP contribution in [0.5, 0.6) is 5.75 Å². The van der Waals surface area contributed by atoms with Gasteiger partial charge in [-0.25, -0.2) is 0 Å². The summed E-state index contributed by atoms with van der Waals surface area (Å²) in [6, 6.07) is 1.88. The Morgan fingerprint density at radius 1 is 1.40 bits per heavy atom. The quantitative estimate of drug-likeness (QED) is 0.734. The summed E-state index contributed by atoms with van der Waals surface area (Å²) in [5, 5.41) is 1.93. The maximum atomic E-state index is 12.2. The van der Waals surface area contributed by atoms with Crippen LogP contribution in [0.15, 0.2) is 11.4 Å². The third-order valence-electron chi connectivity index (χ3n) is 3.05. The molecule has 1 aliphatic rings. The van der Waals surface area contributed by atoms with Crippen LogP contribution in [0.1, 0.15) is 41.8 Å². The van der Waals surface area contributed by atoms with E-state index in [4.69, 9.17) is 4.74 Å². The van der Waals surface area contributed by atoms with Crippen LogP contribution in [-0.4, -0.2) is 12.9 Å². The van der Waals surface area contributed by atoms with Gasteiger partial charge in [-0.05, 0) is 24.3 Å². The normalized spacial score (nSPS) is 17.7. The Morgan fingerprint density at radius 2 is 2.13 bits per heavy atom. The number of hydrogen-bond acceptors (Lipinski definition) is 3. The number of thiophene rings is 1. The molecule has 1 aromatic rings. The second-order valence-corrected chi connectivity index (χ2v) is 4.93. The zero-order valence-electron chi connectivity index (χ0n) is 8.99. The molecule has 1 saturated carbocycles. The van der Waals surface area contributed by atoms with Gasteiger partial charge in [0.25, 0.3) is 0 Å². The van der Waals surface area contributed by atoms with Crippen molar-refractivity contribution < 1.29 is 9.53 Å². The zero-order chi connectivity index (χ0) is 10.7. The molecule has 0 amide bonds. The predicted molar refractivity (Wildman–Crippen MR) is 61.8 cm³/mol. The van der Waals surface area contributed by atoms with E-state index in [1.54, 1.807) is 7.11 Å². The van der Waals surface area contributed by atoms with Gasteiger partial charge in [-0.1, -0.05) is 19.3 Å². The summed E-state index contributed by atoms with van der Waals surface area (Å²) in [7, 11) is 1.62. The molecule has 0 unspecified atom stereocenters. The lowest BCUT2D eigenvalue weighted by Crippen LogP contribution is -2.17. The van der Waals surface area contributed by atoms with E-state index in [-0.39, 0.29) is 5.92 Å². The summed E-state index contributed by atoms with van der Waals surface area (Å²) in [5.74, 6) is 1.28. The van der Waals surface area contributed by atoms with Gasteiger partial charge in [0.2, 0.25) is 0 Å². The van der Waals surface area contributed by atoms with Crippen molar-refractivity contribution in [2.45, 2.75) is 32.1 Å². The van der Waals surface area contributed by atoms with Crippen molar-refractivity contribution in [1.29, 1.82) is 0 Å². The molecule has 82 valence electrons. The van der Waals surface area contributed by atoms with E-state index < -0.39 is 0 Å². The van der Waals surface area contributed by atoms with E-state index in [2.05, 4.69) is 0 Å². The molecule has 0 N–H and O–H groups in total. The lowest BCUT2D eigenvalue weighted by Gasteiger charge is -2.19. The molecule has 15 heavy (non-hydrogen) atoms. The summed E-state index contributed by atoms with van der Waals surface area (Å²) in [4.78, 5) is 13.0. The van der Waals surface area contributed by atoms with E-state index in [9.17, 15) is 4.79 Å². The lowest BCUT2D eigenvalue weighted by molar-refractivity contribution is 0.0891. The first-order valence-corrected chi connectivity index (χ1v) is 6.36. The van der Waals surface area contributed by atoms with Crippen molar-refractivity contribution in [2.75, 3.05) is 7.11 Å². The molecule has 3 heteroatoms. The Morgan fingerprint density at radius 3 is 2.80 bits per heavy atom. The molecule has 2 rings (SSSR count). The number of Topliss-reactive ketones (excluding diaryl/α,β-unsaturated/α-hetero) is 1. The Bertz CT molecular complexity index is 337. The molecule has 0 atom stereocenters. The maximum absolute atomic E-state index is 12.2. The third kappa shape index (κ3) is 2.23. The monoisotopic (exact) mass is 224 g/mol. The van der Waals surface area contributed by atoms with Crippen LogP contribution in [0.2, 0.25) is 0 Å². The van der Waals surface area contributed by atoms with Gasteiger partial charge in [-0.15, -0.1) is 11.3 Å². The molecule has 0 aromatic carbocycles. The number of carbonyl (C=O) groups is 1. The topological polar surface area (TPSA) is 26.3 Å². The smallest absolute Gasteiger partial charge is 0.179 e. The highest BCUT2D eigenvalue weighted by Crippen LogP contribution is 2.32. The fraction of sp³-hybridized carbons (Fsp3) is 0.583. The number of ether oxygens (including phenoxy) is 1. The van der Waals surface area contributed by atoms with Crippen LogP contribution < -0.4 is 4.74 Å². The van der Waals surface area contributed by atoms with Crippen LogP contribution in [0, 0.1) is 5.92 Å². The molecular formula is C12H16O2S. The fourth-order valence-corrected chi connectivity index (χ4v) is 3.07. The first-order valence-electron chi connectivity index (χ1n) is 5.48. The minimum Gasteiger partial charge on any atom is -0.495 e. The van der Waals surface area contributed by atoms with Gasteiger partial charge in [0.1, 0.15) is 10.6 Å². The van der Waals surface area contributed by atoms with Gasteiger partial charge in [0.05, 0.1) is 7.11 Å². The molecule has 0 bridgehead atoms. The molecule has 0 radical (unpaired) electrons. The summed E-state index contributed by atoms with van der Waals surface area (Å²) in [5.41, 5.74) is 0. The van der Waals surface area contributed by atoms with Crippen molar-refractivity contribution in [3.8, 4) is 5.75 Å². The largest absolute Gasteiger partial charge is 0.495 e. The molecule has 1 fully saturated rings. The van der Waals surface area contributed by atoms with Gasteiger partial charge in [0, 0.05) is 5.92 Å². The number of ketones is 1. The minimum absolute atomic E-state index is 0.242. The second kappa shape index (κ2) is 4.79. The van der Waals surface area contributed by atoms with Gasteiger partial charge in [-0.3, -0.25) is 4.79 Å². The van der Waals surface area contributed by atoms with Crippen molar-refractivity contribution in [2.24, 2.45) is 5.92 Å². The summed E-state index contributed by atoms with van der Waals surface area (Å²) in [6.07, 6.45) is 5.79. The van der Waals surface area contributed by atoms with Gasteiger partial charge in [-0.2, -0.15) is 0 Å². The third-order valence-corrected chi connectivity index (χ3v) is 3.96. The molecule has 0 saturated heterocycles. The summed E-state index contributed by atoms with van der Waals surface area (Å²) in [6.45, 7) is 0. The average molecular weight is 224 g/mol. The van der Waals surface area contributed by atoms with Gasteiger partial charge >= 0.3 is 0 Å². The highest BCUT2D eigenvalue weighted by atomic mass is 32.1. The molecule has 0 spiro atoms. The molecular weight excluding hydrogens is 208 g/mol. The van der Waals surface area contributed by atoms with Crippen molar-refractivity contribution in [1.82, 2.24) is 0 Å². The molecule has 1 aliphatic carbocycles. The van der Waals surface area contributed by atoms with Crippen LogP contribution in [0.25, 0.3) is 0 Å². The van der Waals surface area contributed by atoms with E-state index in [0.717, 1.165) is 23.5 Å². The van der Waals surface area contributed by atoms with E-state index in [0.29, 0.717) is 5.78 Å². The standard InChI is InChI=1S/C12H16O2S/c1-14-10-7-8-15-12(10)11(13)9-5-3-2-4-6-9/h7-9H,2-6H2,1H3. The Balaban J connectivity index is 2.12. The second-order valence-electron chi connectivity index (χ2n) is 4.02. The Hall–Kier alpha value is -0.830. The number of methoxy groups -OCH3 is 1. The van der Waals surface area contributed by atoms with Crippen LogP contribution in [0.3, 0.4) is 0 Å². The molecule has 0 aliphatic heterocycles. The number of hydrogen-bond donors (Lipinski definition) is 0. The van der Waals surface area contributed by atoms with Gasteiger partial charge < -0.3 is 4.74 Å².